The third kappa shape index (κ3) is 4.47. The molecule has 0 saturated heterocycles. The predicted molar refractivity (Wildman–Crippen MR) is 88.3 cm³/mol. The Balaban J connectivity index is 2.00. The van der Waals surface area contributed by atoms with Gasteiger partial charge in [0.15, 0.2) is 0 Å². The lowest BCUT2D eigenvalue weighted by Crippen LogP contribution is -2.24. The van der Waals surface area contributed by atoms with Gasteiger partial charge >= 0.3 is 11.9 Å². The number of nitro groups is 1. The van der Waals surface area contributed by atoms with Crippen LogP contribution in [0.2, 0.25) is 0 Å². The van der Waals surface area contributed by atoms with Gasteiger partial charge in [-0.15, -0.1) is 11.8 Å². The van der Waals surface area contributed by atoms with E-state index >= 15 is 0 Å². The highest BCUT2D eigenvalue weighted by atomic mass is 32.2. The number of hydrogen-bond donors (Lipinski definition) is 1. The number of rotatable bonds is 6. The van der Waals surface area contributed by atoms with Crippen molar-refractivity contribution < 1.29 is 24.4 Å². The minimum atomic E-state index is -1.31. The number of hydrogen-bond acceptors (Lipinski definition) is 6. The summed E-state index contributed by atoms with van der Waals surface area (Å²) in [5.74, 6) is -1.52. The molecule has 1 aromatic carbocycles. The maximum absolute atomic E-state index is 11.7. The predicted octanol–water partition coefficient (Wildman–Crippen LogP) is 3.51. The monoisotopic (exact) mass is 353 g/mol. The van der Waals surface area contributed by atoms with Gasteiger partial charge in [-0.1, -0.05) is 0 Å². The van der Waals surface area contributed by atoms with Crippen molar-refractivity contribution in [2.75, 3.05) is 6.61 Å². The molecule has 8 heteroatoms. The SMILES string of the molecule is CCOC(=O)C1CCC(Sc2ccc([N+](=O)[O-])c(C(=O)O)c2)CC1. The first-order valence-electron chi connectivity index (χ1n) is 7.77. The molecule has 1 saturated carbocycles. The molecule has 0 unspecified atom stereocenters. The number of carboxylic acids is 1. The van der Waals surface area contributed by atoms with Gasteiger partial charge < -0.3 is 9.84 Å². The third-order valence-electron chi connectivity index (χ3n) is 3.99. The molecule has 0 spiro atoms. The molecule has 1 fully saturated rings. The average molecular weight is 353 g/mol. The fourth-order valence-corrected chi connectivity index (χ4v) is 4.01. The molecule has 7 nitrogen and oxygen atoms in total. The van der Waals surface area contributed by atoms with Crippen LogP contribution in [-0.2, 0) is 9.53 Å². The Bertz CT molecular complexity index is 639. The molecule has 0 aromatic heterocycles. The molecule has 0 amide bonds. The topological polar surface area (TPSA) is 107 Å². The second-order valence-electron chi connectivity index (χ2n) is 5.58. The van der Waals surface area contributed by atoms with Crippen LogP contribution in [0.5, 0.6) is 0 Å². The van der Waals surface area contributed by atoms with E-state index in [1.807, 2.05) is 0 Å². The van der Waals surface area contributed by atoms with Gasteiger partial charge in [-0.25, -0.2) is 4.79 Å². The van der Waals surface area contributed by atoms with E-state index in [9.17, 15) is 19.7 Å². The van der Waals surface area contributed by atoms with E-state index in [0.717, 1.165) is 25.7 Å². The van der Waals surface area contributed by atoms with Crippen LogP contribution in [0, 0.1) is 16.0 Å². The Morgan fingerprint density at radius 2 is 2.00 bits per heavy atom. The number of carbonyl (C=O) groups excluding carboxylic acids is 1. The first-order chi connectivity index (χ1) is 11.4. The highest BCUT2D eigenvalue weighted by Gasteiger charge is 2.28. The van der Waals surface area contributed by atoms with Gasteiger partial charge in [-0.3, -0.25) is 14.9 Å². The Morgan fingerprint density at radius 1 is 1.33 bits per heavy atom. The standard InChI is InChI=1S/C16H19NO6S/c1-2-23-16(20)10-3-5-11(6-4-10)24-12-7-8-14(17(21)22)13(9-12)15(18)19/h7-11H,2-6H2,1H3,(H,18,19). The van der Waals surface area contributed by atoms with Crippen LogP contribution in [0.1, 0.15) is 43.0 Å². The Morgan fingerprint density at radius 3 is 2.54 bits per heavy atom. The Hall–Kier alpha value is -2.09. The molecule has 1 N–H and O–H groups in total. The van der Waals surface area contributed by atoms with Crippen LogP contribution in [0.4, 0.5) is 5.69 Å². The first-order valence-corrected chi connectivity index (χ1v) is 8.65. The lowest BCUT2D eigenvalue weighted by molar-refractivity contribution is -0.385. The van der Waals surface area contributed by atoms with E-state index in [1.54, 1.807) is 13.0 Å². The maximum atomic E-state index is 11.7. The van der Waals surface area contributed by atoms with Gasteiger partial charge in [0.2, 0.25) is 0 Å². The van der Waals surface area contributed by atoms with Crippen LogP contribution in [0.3, 0.4) is 0 Å². The summed E-state index contributed by atoms with van der Waals surface area (Å²) in [4.78, 5) is 33.8. The smallest absolute Gasteiger partial charge is 0.342 e. The van der Waals surface area contributed by atoms with Gasteiger partial charge in [-0.2, -0.15) is 0 Å². The molecule has 2 rings (SSSR count). The zero-order valence-electron chi connectivity index (χ0n) is 13.3. The zero-order chi connectivity index (χ0) is 17.7. The number of esters is 1. The summed E-state index contributed by atoms with van der Waals surface area (Å²) in [6.07, 6.45) is 3.14. The quantitative estimate of drug-likeness (QED) is 0.474. The van der Waals surface area contributed by atoms with E-state index in [-0.39, 0.29) is 22.7 Å². The summed E-state index contributed by atoms with van der Waals surface area (Å²) in [5.41, 5.74) is -0.705. The van der Waals surface area contributed by atoms with E-state index in [1.165, 1.54) is 23.9 Å². The summed E-state index contributed by atoms with van der Waals surface area (Å²) in [5, 5.41) is 20.3. The minimum absolute atomic E-state index is 0.0618. The fraction of sp³-hybridized carbons (Fsp3) is 0.500. The molecular weight excluding hydrogens is 334 g/mol. The number of ether oxygens (including phenoxy) is 1. The molecule has 1 aliphatic carbocycles. The second-order valence-corrected chi connectivity index (χ2v) is 6.96. The van der Waals surface area contributed by atoms with Crippen LogP contribution in [0.25, 0.3) is 0 Å². The molecule has 24 heavy (non-hydrogen) atoms. The van der Waals surface area contributed by atoms with Gasteiger partial charge in [0.05, 0.1) is 17.4 Å². The molecule has 0 radical (unpaired) electrons. The molecule has 0 aliphatic heterocycles. The molecule has 1 aromatic rings. The maximum Gasteiger partial charge on any atom is 0.342 e. The van der Waals surface area contributed by atoms with Gasteiger partial charge in [-0.05, 0) is 44.7 Å². The van der Waals surface area contributed by atoms with E-state index in [2.05, 4.69) is 0 Å². The van der Waals surface area contributed by atoms with E-state index < -0.39 is 16.6 Å². The normalized spacial score (nSPS) is 20.4. The lowest BCUT2D eigenvalue weighted by atomic mass is 9.89. The molecule has 130 valence electrons. The van der Waals surface area contributed by atoms with E-state index in [0.29, 0.717) is 11.5 Å². The van der Waals surface area contributed by atoms with Crippen molar-refractivity contribution in [2.24, 2.45) is 5.92 Å². The number of thioether (sulfide) groups is 1. The molecule has 0 heterocycles. The number of benzene rings is 1. The largest absolute Gasteiger partial charge is 0.477 e. The van der Waals surface area contributed by atoms with Gasteiger partial charge in [0, 0.05) is 16.2 Å². The Labute approximate surface area is 143 Å². The number of nitro benzene ring substituents is 1. The Kier molecular flexibility index (Phi) is 6.19. The minimum Gasteiger partial charge on any atom is -0.477 e. The number of nitrogens with zero attached hydrogens (tertiary/aromatic N) is 1. The molecule has 0 atom stereocenters. The molecule has 0 bridgehead atoms. The second kappa shape index (κ2) is 8.14. The number of carbonyl (C=O) groups is 2. The van der Waals surface area contributed by atoms with Gasteiger partial charge in [0.25, 0.3) is 5.69 Å². The number of carboxylic acid groups (broad SMARTS) is 1. The summed E-state index contributed by atoms with van der Waals surface area (Å²) in [6, 6.07) is 4.16. The summed E-state index contributed by atoms with van der Waals surface area (Å²) >= 11 is 1.51. The van der Waals surface area contributed by atoms with Crippen LogP contribution in [0.15, 0.2) is 23.1 Å². The summed E-state index contributed by atoms with van der Waals surface area (Å²) in [7, 11) is 0. The molecule has 1 aliphatic rings. The van der Waals surface area contributed by atoms with Crippen LogP contribution in [-0.4, -0.2) is 33.8 Å². The van der Waals surface area contributed by atoms with Crippen molar-refractivity contribution in [2.45, 2.75) is 42.8 Å². The van der Waals surface area contributed by atoms with Crippen molar-refractivity contribution >= 4 is 29.4 Å². The fourth-order valence-electron chi connectivity index (χ4n) is 2.79. The average Bonchev–Trinajstić information content (AvgIpc) is 2.55. The first kappa shape index (κ1) is 18.3. The van der Waals surface area contributed by atoms with Gasteiger partial charge in [0.1, 0.15) is 5.56 Å². The van der Waals surface area contributed by atoms with Crippen LogP contribution < -0.4 is 0 Å². The van der Waals surface area contributed by atoms with Crippen molar-refractivity contribution in [3.63, 3.8) is 0 Å². The summed E-state index contributed by atoms with van der Waals surface area (Å²) < 4.78 is 5.04. The van der Waals surface area contributed by atoms with Crippen molar-refractivity contribution in [1.82, 2.24) is 0 Å². The number of aromatic carboxylic acids is 1. The zero-order valence-corrected chi connectivity index (χ0v) is 14.1. The van der Waals surface area contributed by atoms with Crippen molar-refractivity contribution in [3.8, 4) is 0 Å². The summed E-state index contributed by atoms with van der Waals surface area (Å²) in [6.45, 7) is 2.17. The third-order valence-corrected chi connectivity index (χ3v) is 5.32. The molecular formula is C16H19NO6S. The van der Waals surface area contributed by atoms with Crippen molar-refractivity contribution in [3.05, 3.63) is 33.9 Å². The van der Waals surface area contributed by atoms with Crippen molar-refractivity contribution in [1.29, 1.82) is 0 Å². The van der Waals surface area contributed by atoms with E-state index in [4.69, 9.17) is 9.84 Å². The lowest BCUT2D eigenvalue weighted by Gasteiger charge is -2.26. The highest BCUT2D eigenvalue weighted by molar-refractivity contribution is 8.00. The van der Waals surface area contributed by atoms with Crippen LogP contribution >= 0.6 is 11.8 Å². The highest BCUT2D eigenvalue weighted by Crippen LogP contribution is 2.37.